The molecule has 0 saturated carbocycles. The Labute approximate surface area is 64.2 Å². The number of rotatable bonds is 4. The Morgan fingerprint density at radius 2 is 1.91 bits per heavy atom. The van der Waals surface area contributed by atoms with Gasteiger partial charge in [-0.3, -0.25) is 0 Å². The molecule has 0 amide bonds. The highest BCUT2D eigenvalue weighted by Gasteiger charge is 2.37. The Bertz CT molecular complexity index is 100. The van der Waals surface area contributed by atoms with E-state index in [0.717, 1.165) is 0 Å². The first-order chi connectivity index (χ1) is 5.02. The number of hydrogen-bond donors (Lipinski definition) is 0. The third-order valence-corrected chi connectivity index (χ3v) is 1.65. The van der Waals surface area contributed by atoms with E-state index in [1.165, 1.54) is 6.92 Å². The third-order valence-electron chi connectivity index (χ3n) is 1.65. The highest BCUT2D eigenvalue weighted by Crippen LogP contribution is 2.31. The van der Waals surface area contributed by atoms with Crippen LogP contribution in [-0.4, -0.2) is 12.8 Å². The van der Waals surface area contributed by atoms with E-state index in [9.17, 15) is 18.3 Å². The smallest absolute Gasteiger partial charge is 0.237 e. The first-order valence-corrected chi connectivity index (χ1v) is 3.67. The van der Waals surface area contributed by atoms with Gasteiger partial charge in [-0.05, 0) is 19.3 Å². The summed E-state index contributed by atoms with van der Waals surface area (Å²) in [6.07, 6.45) is -3.95. The fraction of sp³-hybridized carbons (Fsp3) is 1.00. The summed E-state index contributed by atoms with van der Waals surface area (Å²) in [6.45, 7) is 1.08. The van der Waals surface area contributed by atoms with Gasteiger partial charge in [0, 0.05) is 0 Å². The topological polar surface area (TPSA) is 19.9 Å². The first-order valence-electron chi connectivity index (χ1n) is 3.67. The first kappa shape index (κ1) is 10.8. The summed E-state index contributed by atoms with van der Waals surface area (Å²) in [4.78, 5) is 0. The second-order valence-corrected chi connectivity index (χ2v) is 2.49. The Hall–Kier alpha value is -0.250. The van der Waals surface area contributed by atoms with Crippen molar-refractivity contribution in [3.8, 4) is 0 Å². The lowest BCUT2D eigenvalue weighted by molar-refractivity contribution is -0.177. The second-order valence-electron chi connectivity index (χ2n) is 2.49. The zero-order valence-corrected chi connectivity index (χ0v) is 6.45. The van der Waals surface area contributed by atoms with Crippen LogP contribution in [0.5, 0.6) is 0 Å². The molecule has 0 aliphatic rings. The second kappa shape index (κ2) is 4.59. The van der Waals surface area contributed by atoms with Gasteiger partial charge in [-0.1, -0.05) is 6.92 Å². The summed E-state index contributed by atoms with van der Waals surface area (Å²) in [6, 6.07) is 0. The van der Waals surface area contributed by atoms with Crippen molar-refractivity contribution in [2.45, 2.75) is 32.4 Å². The van der Waals surface area contributed by atoms with Gasteiger partial charge in [0.2, 0.25) is 0 Å². The van der Waals surface area contributed by atoms with Crippen molar-refractivity contribution in [3.05, 3.63) is 0 Å². The predicted molar refractivity (Wildman–Crippen MR) is 34.6 cm³/mol. The molecule has 0 aromatic rings. The van der Waals surface area contributed by atoms with E-state index in [4.69, 9.17) is 0 Å². The van der Waals surface area contributed by atoms with Crippen molar-refractivity contribution < 1.29 is 18.3 Å². The molecule has 0 fully saturated rings. The van der Waals surface area contributed by atoms with Crippen molar-refractivity contribution in [2.75, 3.05) is 6.61 Å². The van der Waals surface area contributed by atoms with Crippen LogP contribution < -0.4 is 0 Å². The van der Waals surface area contributed by atoms with E-state index < -0.39 is 18.7 Å². The highest BCUT2D eigenvalue weighted by molar-refractivity contribution is 4.65. The van der Waals surface area contributed by atoms with Gasteiger partial charge in [0.05, 0.1) is 12.5 Å². The van der Waals surface area contributed by atoms with Crippen molar-refractivity contribution in [2.24, 2.45) is 5.92 Å². The molecule has 1 atom stereocenters. The third kappa shape index (κ3) is 4.24. The van der Waals surface area contributed by atoms with E-state index >= 15 is 0 Å². The summed E-state index contributed by atoms with van der Waals surface area (Å²) in [5, 5.41) is 9.91. The van der Waals surface area contributed by atoms with Crippen molar-refractivity contribution in [1.29, 1.82) is 0 Å². The van der Waals surface area contributed by atoms with Crippen LogP contribution in [0.4, 0.5) is 13.2 Å². The maximum Gasteiger partial charge on any atom is 0.391 e. The number of halogens is 3. The summed E-state index contributed by atoms with van der Waals surface area (Å²) in [5.41, 5.74) is 0. The highest BCUT2D eigenvalue weighted by atomic mass is 19.4. The van der Waals surface area contributed by atoms with E-state index in [1.54, 1.807) is 0 Å². The molecule has 0 saturated heterocycles. The maximum absolute atomic E-state index is 11.9. The maximum atomic E-state index is 11.9. The van der Waals surface area contributed by atoms with Crippen LogP contribution in [0.25, 0.3) is 0 Å². The molecule has 1 nitrogen and oxygen atoms in total. The minimum atomic E-state index is -4.12. The van der Waals surface area contributed by atoms with Gasteiger partial charge in [-0.15, -0.1) is 0 Å². The normalized spacial score (nSPS) is 15.0. The summed E-state index contributed by atoms with van der Waals surface area (Å²) in [7, 11) is 0. The number of hydrogen-bond acceptors (Lipinski definition) is 0. The van der Waals surface area contributed by atoms with E-state index in [0.29, 0.717) is 0 Å². The molecule has 0 aromatic heterocycles. The fourth-order valence-corrected chi connectivity index (χ4v) is 0.929. The zero-order chi connectivity index (χ0) is 8.91. The lowest BCUT2D eigenvalue weighted by Crippen LogP contribution is -2.22. The Morgan fingerprint density at radius 1 is 1.36 bits per heavy atom. The summed E-state index contributed by atoms with van der Waals surface area (Å²) >= 11 is 0. The molecular formula is C7H12F3O. The van der Waals surface area contributed by atoms with Gasteiger partial charge in [-0.25, -0.2) is 5.11 Å². The lowest BCUT2D eigenvalue weighted by atomic mass is 10.0. The predicted octanol–water partition coefficient (Wildman–Crippen LogP) is 2.79. The van der Waals surface area contributed by atoms with Crippen molar-refractivity contribution >= 4 is 0 Å². The van der Waals surface area contributed by atoms with Crippen LogP contribution in [0.15, 0.2) is 0 Å². The van der Waals surface area contributed by atoms with Crippen molar-refractivity contribution in [3.63, 3.8) is 0 Å². The van der Waals surface area contributed by atoms with Crippen LogP contribution in [0, 0.1) is 5.92 Å². The quantitative estimate of drug-likeness (QED) is 0.616. The minimum absolute atomic E-state index is 0.0243. The molecule has 0 heterocycles. The number of alkyl halides is 3. The van der Waals surface area contributed by atoms with Gasteiger partial charge in [0.25, 0.3) is 0 Å². The SMILES string of the molecule is CCC(CCC[O])C(F)(F)F. The standard InChI is InChI=1S/C7H12F3O/c1-2-6(4-3-5-11)7(8,9)10/h6H,2-5H2,1H3. The van der Waals surface area contributed by atoms with Gasteiger partial charge < -0.3 is 0 Å². The molecule has 67 valence electrons. The molecule has 11 heavy (non-hydrogen) atoms. The van der Waals surface area contributed by atoms with Gasteiger partial charge in [0.1, 0.15) is 0 Å². The molecule has 0 rings (SSSR count). The molecule has 0 aliphatic heterocycles. The van der Waals surface area contributed by atoms with Crippen LogP contribution in [0.1, 0.15) is 26.2 Å². The van der Waals surface area contributed by atoms with Crippen LogP contribution in [0.3, 0.4) is 0 Å². The minimum Gasteiger partial charge on any atom is -0.237 e. The zero-order valence-electron chi connectivity index (χ0n) is 6.45. The van der Waals surface area contributed by atoms with Crippen molar-refractivity contribution in [1.82, 2.24) is 0 Å². The van der Waals surface area contributed by atoms with E-state index in [-0.39, 0.29) is 19.3 Å². The summed E-state index contributed by atoms with van der Waals surface area (Å²) in [5.74, 6) is -1.28. The van der Waals surface area contributed by atoms with Crippen LogP contribution in [-0.2, 0) is 5.11 Å². The molecule has 0 aromatic carbocycles. The lowest BCUT2D eigenvalue weighted by Gasteiger charge is -2.17. The monoisotopic (exact) mass is 169 g/mol. The molecule has 0 N–H and O–H groups in total. The molecule has 0 spiro atoms. The van der Waals surface area contributed by atoms with E-state index in [2.05, 4.69) is 0 Å². The van der Waals surface area contributed by atoms with E-state index in [1.807, 2.05) is 0 Å². The molecule has 4 heteroatoms. The van der Waals surface area contributed by atoms with Gasteiger partial charge in [-0.2, -0.15) is 13.2 Å². The largest absolute Gasteiger partial charge is 0.391 e. The van der Waals surface area contributed by atoms with Crippen LogP contribution >= 0.6 is 0 Å². The van der Waals surface area contributed by atoms with Gasteiger partial charge in [0.15, 0.2) is 0 Å². The molecule has 1 radical (unpaired) electrons. The molecule has 0 bridgehead atoms. The Kier molecular flexibility index (Phi) is 4.49. The summed E-state index contributed by atoms with van der Waals surface area (Å²) < 4.78 is 35.8. The van der Waals surface area contributed by atoms with Gasteiger partial charge >= 0.3 is 6.18 Å². The molecular weight excluding hydrogens is 157 g/mol. The average Bonchev–Trinajstić information content (AvgIpc) is 1.87. The Balaban J connectivity index is 3.76. The molecule has 0 aliphatic carbocycles. The fourth-order valence-electron chi connectivity index (χ4n) is 0.929. The Morgan fingerprint density at radius 3 is 2.18 bits per heavy atom. The van der Waals surface area contributed by atoms with Crippen LogP contribution in [0.2, 0.25) is 0 Å². The molecule has 1 unspecified atom stereocenters. The average molecular weight is 169 g/mol.